The van der Waals surface area contributed by atoms with Crippen LogP contribution in [0.25, 0.3) is 0 Å². The lowest BCUT2D eigenvalue weighted by molar-refractivity contribution is -0.145. The van der Waals surface area contributed by atoms with Crippen LogP contribution in [0.3, 0.4) is 0 Å². The van der Waals surface area contributed by atoms with Crippen LogP contribution in [0.4, 0.5) is 4.39 Å². The zero-order valence-electron chi connectivity index (χ0n) is 18.8. The second kappa shape index (κ2) is 8.33. The maximum Gasteiger partial charge on any atom is 0.494 e. The minimum atomic E-state index is -0.711. The van der Waals surface area contributed by atoms with Crippen molar-refractivity contribution in [1.29, 1.82) is 0 Å². The van der Waals surface area contributed by atoms with E-state index in [1.165, 1.54) is 11.0 Å². The first-order valence-electron chi connectivity index (χ1n) is 10.7. The molecule has 168 valence electrons. The van der Waals surface area contributed by atoms with Crippen molar-refractivity contribution < 1.29 is 28.0 Å². The fraction of sp³-hybridized carbons (Fsp3) is 0.417. The van der Waals surface area contributed by atoms with Crippen molar-refractivity contribution in [2.45, 2.75) is 58.5 Å². The average molecular weight is 439 g/mol. The fourth-order valence-corrected chi connectivity index (χ4v) is 3.82. The molecule has 2 aromatic rings. The molecule has 0 unspecified atom stereocenters. The van der Waals surface area contributed by atoms with Crippen molar-refractivity contribution in [3.8, 4) is 0 Å². The molecule has 0 aliphatic carbocycles. The summed E-state index contributed by atoms with van der Waals surface area (Å²) < 4.78 is 32.2. The van der Waals surface area contributed by atoms with Crippen molar-refractivity contribution in [2.24, 2.45) is 0 Å². The van der Waals surface area contributed by atoms with Gasteiger partial charge in [0.1, 0.15) is 12.4 Å². The third-order valence-electron chi connectivity index (χ3n) is 6.41. The quantitative estimate of drug-likeness (QED) is 0.511. The Labute approximate surface area is 187 Å². The van der Waals surface area contributed by atoms with E-state index in [-0.39, 0.29) is 31.7 Å². The zero-order valence-corrected chi connectivity index (χ0v) is 18.8. The summed E-state index contributed by atoms with van der Waals surface area (Å²) in [4.78, 5) is 26.3. The lowest BCUT2D eigenvalue weighted by Gasteiger charge is -2.32. The van der Waals surface area contributed by atoms with Crippen molar-refractivity contribution in [3.05, 3.63) is 65.0 Å². The molecule has 0 radical (unpaired) electrons. The van der Waals surface area contributed by atoms with Crippen molar-refractivity contribution >= 4 is 24.5 Å². The molecule has 2 heterocycles. The molecule has 4 rings (SSSR count). The number of hydrogen-bond acceptors (Lipinski definition) is 5. The van der Waals surface area contributed by atoms with Gasteiger partial charge in [-0.2, -0.15) is 0 Å². The van der Waals surface area contributed by atoms with Gasteiger partial charge in [-0.15, -0.1) is 0 Å². The molecule has 0 aromatic heterocycles. The number of halogens is 1. The van der Waals surface area contributed by atoms with Crippen LogP contribution < -0.4 is 5.46 Å². The number of nitrogens with zero attached hydrogens (tertiary/aromatic N) is 1. The van der Waals surface area contributed by atoms with Gasteiger partial charge in [0.05, 0.1) is 23.2 Å². The van der Waals surface area contributed by atoms with Gasteiger partial charge in [-0.3, -0.25) is 9.59 Å². The highest BCUT2D eigenvalue weighted by molar-refractivity contribution is 6.62. The van der Waals surface area contributed by atoms with Gasteiger partial charge >= 0.3 is 13.1 Å². The first-order valence-corrected chi connectivity index (χ1v) is 10.7. The molecule has 1 amide bonds. The van der Waals surface area contributed by atoms with E-state index >= 15 is 0 Å². The summed E-state index contributed by atoms with van der Waals surface area (Å²) in [6.07, 6.45) is 0.0399. The third-order valence-corrected chi connectivity index (χ3v) is 6.41. The van der Waals surface area contributed by atoms with Crippen LogP contribution in [-0.2, 0) is 32.0 Å². The molecule has 2 aliphatic heterocycles. The minimum absolute atomic E-state index is 0.0399. The number of fused-ring (bicyclic) bond motifs is 1. The van der Waals surface area contributed by atoms with Crippen LogP contribution in [0.2, 0.25) is 0 Å². The Kier molecular flexibility index (Phi) is 5.86. The standard InChI is InChI=1S/C24H27BFNO5/c1-23(2)24(3,4)32-25(31-23)18-12-17-14-27(22(29)21(17)19(26)13-18)11-10-20(28)30-15-16-8-6-5-7-9-16/h5-9,12-13H,10-11,14-15H2,1-4H3. The third kappa shape index (κ3) is 4.29. The van der Waals surface area contributed by atoms with E-state index in [0.29, 0.717) is 11.0 Å². The predicted molar refractivity (Wildman–Crippen MR) is 118 cm³/mol. The molecule has 32 heavy (non-hydrogen) atoms. The summed E-state index contributed by atoms with van der Waals surface area (Å²) >= 11 is 0. The smallest absolute Gasteiger partial charge is 0.461 e. The first-order chi connectivity index (χ1) is 15.1. The Hall–Kier alpha value is -2.71. The average Bonchev–Trinajstić information content (AvgIpc) is 3.17. The minimum Gasteiger partial charge on any atom is -0.461 e. The van der Waals surface area contributed by atoms with Crippen molar-refractivity contribution in [2.75, 3.05) is 6.54 Å². The van der Waals surface area contributed by atoms with Crippen LogP contribution in [0.15, 0.2) is 42.5 Å². The summed E-state index contributed by atoms with van der Waals surface area (Å²) in [5.41, 5.74) is 0.949. The van der Waals surface area contributed by atoms with E-state index in [1.54, 1.807) is 6.07 Å². The lowest BCUT2D eigenvalue weighted by Crippen LogP contribution is -2.41. The predicted octanol–water partition coefficient (Wildman–Crippen LogP) is 3.21. The SMILES string of the molecule is CC1(C)OB(c2cc(F)c3c(c2)CN(CCC(=O)OCc2ccccc2)C3=O)OC1(C)C. The molecule has 2 aliphatic rings. The van der Waals surface area contributed by atoms with E-state index in [2.05, 4.69) is 0 Å². The Bertz CT molecular complexity index is 1020. The Morgan fingerprint density at radius 3 is 2.44 bits per heavy atom. The number of benzene rings is 2. The van der Waals surface area contributed by atoms with Gasteiger partial charge in [0.25, 0.3) is 5.91 Å². The number of amides is 1. The molecule has 0 N–H and O–H groups in total. The zero-order chi connectivity index (χ0) is 23.1. The van der Waals surface area contributed by atoms with Gasteiger partial charge in [0.2, 0.25) is 0 Å². The van der Waals surface area contributed by atoms with Gasteiger partial charge in [0, 0.05) is 13.1 Å². The second-order valence-corrected chi connectivity index (χ2v) is 9.25. The summed E-state index contributed by atoms with van der Waals surface area (Å²) in [6, 6.07) is 12.4. The second-order valence-electron chi connectivity index (χ2n) is 9.25. The van der Waals surface area contributed by atoms with E-state index in [1.807, 2.05) is 58.0 Å². The largest absolute Gasteiger partial charge is 0.494 e. The number of carbonyl (C=O) groups excluding carboxylic acids is 2. The Morgan fingerprint density at radius 2 is 1.78 bits per heavy atom. The Balaban J connectivity index is 1.39. The van der Waals surface area contributed by atoms with Crippen LogP contribution in [0.5, 0.6) is 0 Å². The molecule has 8 heteroatoms. The monoisotopic (exact) mass is 439 g/mol. The molecule has 2 aromatic carbocycles. The molecular formula is C24H27BFNO5. The van der Waals surface area contributed by atoms with E-state index < -0.39 is 36.0 Å². The van der Waals surface area contributed by atoms with E-state index in [0.717, 1.165) is 5.56 Å². The maximum atomic E-state index is 14.9. The number of ether oxygens (including phenoxy) is 1. The van der Waals surface area contributed by atoms with Gasteiger partial charge in [0.15, 0.2) is 0 Å². The van der Waals surface area contributed by atoms with Crippen molar-refractivity contribution in [1.82, 2.24) is 4.90 Å². The van der Waals surface area contributed by atoms with Crippen LogP contribution >= 0.6 is 0 Å². The van der Waals surface area contributed by atoms with Crippen LogP contribution in [0, 0.1) is 5.82 Å². The molecule has 0 spiro atoms. The number of carbonyl (C=O) groups is 2. The fourth-order valence-electron chi connectivity index (χ4n) is 3.82. The normalized spacial score (nSPS) is 18.7. The van der Waals surface area contributed by atoms with E-state index in [4.69, 9.17) is 14.0 Å². The van der Waals surface area contributed by atoms with Crippen molar-refractivity contribution in [3.63, 3.8) is 0 Å². The van der Waals surface area contributed by atoms with Gasteiger partial charge in [-0.1, -0.05) is 36.4 Å². The summed E-state index contributed by atoms with van der Waals surface area (Å²) in [5.74, 6) is -1.43. The maximum absolute atomic E-state index is 14.9. The van der Waals surface area contributed by atoms with Crippen LogP contribution in [0.1, 0.15) is 55.6 Å². The van der Waals surface area contributed by atoms with E-state index in [9.17, 15) is 14.0 Å². The molecule has 0 atom stereocenters. The summed E-state index contributed by atoms with van der Waals surface area (Å²) in [6.45, 7) is 8.28. The molecule has 0 saturated carbocycles. The number of rotatable bonds is 6. The van der Waals surface area contributed by atoms with Gasteiger partial charge in [-0.25, -0.2) is 4.39 Å². The van der Waals surface area contributed by atoms with Crippen LogP contribution in [-0.4, -0.2) is 41.6 Å². The Morgan fingerprint density at radius 1 is 1.12 bits per heavy atom. The van der Waals surface area contributed by atoms with Gasteiger partial charge < -0.3 is 18.9 Å². The summed E-state index contributed by atoms with van der Waals surface area (Å²) in [5, 5.41) is 0. The molecule has 1 fully saturated rings. The highest BCUT2D eigenvalue weighted by Crippen LogP contribution is 2.37. The highest BCUT2D eigenvalue weighted by atomic mass is 19.1. The number of esters is 1. The lowest BCUT2D eigenvalue weighted by atomic mass is 9.77. The van der Waals surface area contributed by atoms with Gasteiger partial charge in [-0.05, 0) is 50.4 Å². The molecule has 0 bridgehead atoms. The molecule has 6 nitrogen and oxygen atoms in total. The molecule has 1 saturated heterocycles. The summed E-state index contributed by atoms with van der Waals surface area (Å²) in [7, 11) is -0.711. The number of hydrogen-bond donors (Lipinski definition) is 0. The molecular weight excluding hydrogens is 412 g/mol. The first kappa shape index (κ1) is 22.5. The highest BCUT2D eigenvalue weighted by Gasteiger charge is 2.52. The topological polar surface area (TPSA) is 65.1 Å².